The Balaban J connectivity index is 1.82. The first kappa shape index (κ1) is 12.2. The molecule has 1 fully saturated rings. The van der Waals surface area contributed by atoms with Crippen molar-refractivity contribution in [2.45, 2.75) is 25.4 Å². The Morgan fingerprint density at radius 3 is 2.53 bits per heavy atom. The van der Waals surface area contributed by atoms with Crippen molar-refractivity contribution in [2.75, 3.05) is 19.6 Å². The van der Waals surface area contributed by atoms with Crippen molar-refractivity contribution < 1.29 is 5.11 Å². The van der Waals surface area contributed by atoms with Crippen molar-refractivity contribution in [3.05, 3.63) is 35.9 Å². The standard InChI is InChI=1S/C15H19NO/c1-15(17)9-12-16(13-10-15)11-5-8-14-6-3-2-4-7-14/h2-4,6-7,17H,9-13H2,1H3. The van der Waals surface area contributed by atoms with Crippen LogP contribution in [0.5, 0.6) is 0 Å². The van der Waals surface area contributed by atoms with Crippen LogP contribution in [0.15, 0.2) is 30.3 Å². The van der Waals surface area contributed by atoms with Crippen LogP contribution in [-0.2, 0) is 0 Å². The molecule has 0 atom stereocenters. The molecule has 0 aliphatic carbocycles. The van der Waals surface area contributed by atoms with Gasteiger partial charge >= 0.3 is 0 Å². The molecule has 0 bridgehead atoms. The molecule has 1 N–H and O–H groups in total. The molecule has 0 radical (unpaired) electrons. The summed E-state index contributed by atoms with van der Waals surface area (Å²) in [6, 6.07) is 10.0. The van der Waals surface area contributed by atoms with Gasteiger partial charge in [0.1, 0.15) is 0 Å². The van der Waals surface area contributed by atoms with Gasteiger partial charge in [-0.3, -0.25) is 4.90 Å². The maximum atomic E-state index is 9.83. The molecule has 1 aromatic carbocycles. The molecule has 1 heterocycles. The highest BCUT2D eigenvalue weighted by molar-refractivity contribution is 5.33. The second-order valence-electron chi connectivity index (χ2n) is 4.94. The van der Waals surface area contributed by atoms with Crippen molar-refractivity contribution >= 4 is 0 Å². The van der Waals surface area contributed by atoms with Crippen LogP contribution in [0.25, 0.3) is 0 Å². The van der Waals surface area contributed by atoms with Crippen molar-refractivity contribution in [2.24, 2.45) is 0 Å². The first-order chi connectivity index (χ1) is 8.16. The maximum absolute atomic E-state index is 9.83. The molecule has 0 aromatic heterocycles. The summed E-state index contributed by atoms with van der Waals surface area (Å²) in [5.41, 5.74) is 0.597. The largest absolute Gasteiger partial charge is 0.390 e. The Morgan fingerprint density at radius 1 is 1.24 bits per heavy atom. The number of hydrogen-bond acceptors (Lipinski definition) is 2. The van der Waals surface area contributed by atoms with Crippen LogP contribution in [0.3, 0.4) is 0 Å². The molecule has 0 spiro atoms. The quantitative estimate of drug-likeness (QED) is 0.743. The van der Waals surface area contributed by atoms with Gasteiger partial charge in [-0.2, -0.15) is 0 Å². The van der Waals surface area contributed by atoms with E-state index in [2.05, 4.69) is 16.7 Å². The van der Waals surface area contributed by atoms with Gasteiger partial charge in [0.25, 0.3) is 0 Å². The van der Waals surface area contributed by atoms with Gasteiger partial charge < -0.3 is 5.11 Å². The minimum Gasteiger partial charge on any atom is -0.390 e. The molecule has 1 aliphatic heterocycles. The van der Waals surface area contributed by atoms with Crippen LogP contribution in [-0.4, -0.2) is 35.2 Å². The van der Waals surface area contributed by atoms with E-state index in [9.17, 15) is 5.11 Å². The highest BCUT2D eigenvalue weighted by Gasteiger charge is 2.26. The summed E-state index contributed by atoms with van der Waals surface area (Å²) in [6.07, 6.45) is 1.69. The fraction of sp³-hybridized carbons (Fsp3) is 0.467. The molecule has 0 amide bonds. The molecule has 90 valence electrons. The molecular formula is C15H19NO. The second-order valence-corrected chi connectivity index (χ2v) is 4.94. The van der Waals surface area contributed by atoms with Gasteiger partial charge in [-0.05, 0) is 31.9 Å². The van der Waals surface area contributed by atoms with Crippen LogP contribution in [0.2, 0.25) is 0 Å². The molecule has 2 heteroatoms. The fourth-order valence-electron chi connectivity index (χ4n) is 1.97. The van der Waals surface area contributed by atoms with E-state index in [1.54, 1.807) is 0 Å². The van der Waals surface area contributed by atoms with E-state index < -0.39 is 5.60 Å². The number of benzene rings is 1. The van der Waals surface area contributed by atoms with E-state index in [1.165, 1.54) is 0 Å². The highest BCUT2D eigenvalue weighted by Crippen LogP contribution is 2.20. The zero-order chi connectivity index (χ0) is 12.1. The molecule has 1 saturated heterocycles. The summed E-state index contributed by atoms with van der Waals surface area (Å²) in [6.45, 7) is 4.60. The van der Waals surface area contributed by atoms with E-state index >= 15 is 0 Å². The lowest BCUT2D eigenvalue weighted by atomic mass is 9.94. The Labute approximate surface area is 103 Å². The molecule has 0 unspecified atom stereocenters. The summed E-state index contributed by atoms with van der Waals surface area (Å²) < 4.78 is 0. The van der Waals surface area contributed by atoms with E-state index in [0.29, 0.717) is 0 Å². The molecule has 1 aliphatic rings. The van der Waals surface area contributed by atoms with Crippen LogP contribution < -0.4 is 0 Å². The number of nitrogens with zero attached hydrogens (tertiary/aromatic N) is 1. The Kier molecular flexibility index (Phi) is 3.83. The summed E-state index contributed by atoms with van der Waals surface area (Å²) in [5.74, 6) is 6.35. The van der Waals surface area contributed by atoms with Crippen LogP contribution in [0.4, 0.5) is 0 Å². The predicted molar refractivity (Wildman–Crippen MR) is 69.6 cm³/mol. The first-order valence-electron chi connectivity index (χ1n) is 6.14. The third-order valence-electron chi connectivity index (χ3n) is 3.24. The van der Waals surface area contributed by atoms with Gasteiger partial charge in [0, 0.05) is 18.7 Å². The van der Waals surface area contributed by atoms with Crippen LogP contribution in [0, 0.1) is 11.8 Å². The third kappa shape index (κ3) is 3.89. The summed E-state index contributed by atoms with van der Waals surface area (Å²) in [7, 11) is 0. The Morgan fingerprint density at radius 2 is 1.88 bits per heavy atom. The predicted octanol–water partition coefficient (Wildman–Crippen LogP) is 1.88. The van der Waals surface area contributed by atoms with Crippen molar-refractivity contribution in [3.8, 4) is 11.8 Å². The maximum Gasteiger partial charge on any atom is 0.0644 e. The van der Waals surface area contributed by atoms with Crippen molar-refractivity contribution in [3.63, 3.8) is 0 Å². The van der Waals surface area contributed by atoms with E-state index in [4.69, 9.17) is 0 Å². The second kappa shape index (κ2) is 5.35. The van der Waals surface area contributed by atoms with Crippen molar-refractivity contribution in [1.82, 2.24) is 4.90 Å². The van der Waals surface area contributed by atoms with E-state index in [-0.39, 0.29) is 0 Å². The molecular weight excluding hydrogens is 210 g/mol. The minimum atomic E-state index is -0.469. The van der Waals surface area contributed by atoms with Crippen molar-refractivity contribution in [1.29, 1.82) is 0 Å². The minimum absolute atomic E-state index is 0.469. The zero-order valence-electron chi connectivity index (χ0n) is 10.3. The highest BCUT2D eigenvalue weighted by atomic mass is 16.3. The molecule has 2 nitrogen and oxygen atoms in total. The average Bonchev–Trinajstić information content (AvgIpc) is 2.33. The van der Waals surface area contributed by atoms with Gasteiger partial charge in [0.15, 0.2) is 0 Å². The third-order valence-corrected chi connectivity index (χ3v) is 3.24. The van der Waals surface area contributed by atoms with Gasteiger partial charge in [0.2, 0.25) is 0 Å². The lowest BCUT2D eigenvalue weighted by Gasteiger charge is -2.34. The SMILES string of the molecule is CC1(O)CCN(CC#Cc2ccccc2)CC1. The van der Waals surface area contributed by atoms with Crippen LogP contribution in [0.1, 0.15) is 25.3 Å². The number of aliphatic hydroxyl groups is 1. The fourth-order valence-corrected chi connectivity index (χ4v) is 1.97. The first-order valence-corrected chi connectivity index (χ1v) is 6.14. The molecule has 0 saturated carbocycles. The lowest BCUT2D eigenvalue weighted by Crippen LogP contribution is -2.42. The van der Waals surface area contributed by atoms with Gasteiger partial charge in [-0.15, -0.1) is 0 Å². The number of piperidine rings is 1. The van der Waals surface area contributed by atoms with Gasteiger partial charge in [-0.1, -0.05) is 30.0 Å². The lowest BCUT2D eigenvalue weighted by molar-refractivity contribution is -0.00198. The monoisotopic (exact) mass is 229 g/mol. The molecule has 1 aromatic rings. The Bertz CT molecular complexity index is 404. The Hall–Kier alpha value is -1.30. The molecule has 17 heavy (non-hydrogen) atoms. The van der Waals surface area contributed by atoms with Gasteiger partial charge in [0.05, 0.1) is 12.1 Å². The normalized spacial score (nSPS) is 19.4. The summed E-state index contributed by atoms with van der Waals surface area (Å²) in [5, 5.41) is 9.83. The number of rotatable bonds is 1. The van der Waals surface area contributed by atoms with Gasteiger partial charge in [-0.25, -0.2) is 0 Å². The summed E-state index contributed by atoms with van der Waals surface area (Å²) >= 11 is 0. The van der Waals surface area contributed by atoms with E-state index in [1.807, 2.05) is 37.3 Å². The van der Waals surface area contributed by atoms with E-state index in [0.717, 1.165) is 38.0 Å². The smallest absolute Gasteiger partial charge is 0.0644 e. The average molecular weight is 229 g/mol. The number of likely N-dealkylation sites (tertiary alicyclic amines) is 1. The zero-order valence-corrected chi connectivity index (χ0v) is 10.3. The van der Waals surface area contributed by atoms with Crippen LogP contribution >= 0.6 is 0 Å². The number of hydrogen-bond donors (Lipinski definition) is 1. The topological polar surface area (TPSA) is 23.5 Å². The summed E-state index contributed by atoms with van der Waals surface area (Å²) in [4.78, 5) is 2.30. The molecule has 2 rings (SSSR count).